The smallest absolute Gasteiger partial charge is 0.297 e. The topological polar surface area (TPSA) is 89.7 Å². The molecule has 8 nitrogen and oxygen atoms in total. The third kappa shape index (κ3) is 4.03. The van der Waals surface area contributed by atoms with E-state index in [2.05, 4.69) is 10.1 Å². The predicted molar refractivity (Wildman–Crippen MR) is 103 cm³/mol. The average molecular weight is 382 g/mol. The number of pyridine rings is 1. The van der Waals surface area contributed by atoms with E-state index in [1.54, 1.807) is 30.1 Å². The summed E-state index contributed by atoms with van der Waals surface area (Å²) in [5.41, 5.74) is 3.57. The van der Waals surface area contributed by atoms with E-state index in [4.69, 9.17) is 14.7 Å². The van der Waals surface area contributed by atoms with Gasteiger partial charge in [-0.3, -0.25) is 9.63 Å². The van der Waals surface area contributed by atoms with Crippen LogP contribution in [0.1, 0.15) is 16.1 Å². The van der Waals surface area contributed by atoms with Crippen LogP contribution < -0.4 is 4.74 Å². The zero-order chi connectivity index (χ0) is 20.1. The van der Waals surface area contributed by atoms with Crippen LogP contribution in [0.5, 0.6) is 5.88 Å². The van der Waals surface area contributed by atoms with Crippen LogP contribution in [0, 0.1) is 0 Å². The number of aliphatic hydroxyl groups is 1. The second-order valence-electron chi connectivity index (χ2n) is 6.04. The molecule has 0 unspecified atom stereocenters. The first-order valence-corrected chi connectivity index (χ1v) is 8.70. The van der Waals surface area contributed by atoms with Crippen LogP contribution in [0.25, 0.3) is 16.9 Å². The molecule has 0 saturated carbocycles. The molecule has 8 heteroatoms. The van der Waals surface area contributed by atoms with Gasteiger partial charge in [-0.1, -0.05) is 24.3 Å². The summed E-state index contributed by atoms with van der Waals surface area (Å²) in [4.78, 5) is 21.7. The molecule has 3 aromatic rings. The Kier molecular flexibility index (Phi) is 6.03. The molecule has 28 heavy (non-hydrogen) atoms. The van der Waals surface area contributed by atoms with Crippen LogP contribution in [0.2, 0.25) is 0 Å². The minimum absolute atomic E-state index is 0.0940. The molecule has 1 aromatic carbocycles. The first kappa shape index (κ1) is 19.5. The third-order valence-corrected chi connectivity index (χ3v) is 4.31. The Bertz CT molecular complexity index is 936. The maximum Gasteiger partial charge on any atom is 0.297 e. The van der Waals surface area contributed by atoms with E-state index in [1.165, 1.54) is 14.2 Å². The van der Waals surface area contributed by atoms with Gasteiger partial charge in [0.05, 0.1) is 31.8 Å². The number of hydrogen-bond donors (Lipinski definition) is 1. The number of aliphatic hydroxyl groups excluding tert-OH is 1. The Morgan fingerprint density at radius 2 is 1.93 bits per heavy atom. The molecule has 0 fully saturated rings. The number of ether oxygens (including phenoxy) is 1. The van der Waals surface area contributed by atoms with Gasteiger partial charge < -0.3 is 9.84 Å². The number of methoxy groups -OCH3 is 1. The highest BCUT2D eigenvalue weighted by atomic mass is 16.7. The molecule has 1 amide bonds. The Morgan fingerprint density at radius 1 is 1.18 bits per heavy atom. The highest BCUT2D eigenvalue weighted by Crippen LogP contribution is 2.25. The number of carbonyl (C=O) groups excluding carboxylic acids is 1. The van der Waals surface area contributed by atoms with Crippen molar-refractivity contribution in [1.82, 2.24) is 19.8 Å². The Labute approximate surface area is 162 Å². The molecule has 0 aliphatic rings. The van der Waals surface area contributed by atoms with Gasteiger partial charge >= 0.3 is 0 Å². The maximum atomic E-state index is 12.5. The second-order valence-corrected chi connectivity index (χ2v) is 6.04. The van der Waals surface area contributed by atoms with Crippen LogP contribution in [0.3, 0.4) is 0 Å². The fourth-order valence-corrected chi connectivity index (χ4v) is 2.72. The van der Waals surface area contributed by atoms with Crippen molar-refractivity contribution in [3.63, 3.8) is 0 Å². The summed E-state index contributed by atoms with van der Waals surface area (Å²) in [5.74, 6) is 0.127. The normalized spacial score (nSPS) is 10.7. The third-order valence-electron chi connectivity index (χ3n) is 4.31. The molecule has 2 heterocycles. The van der Waals surface area contributed by atoms with Crippen LogP contribution in [-0.2, 0) is 11.3 Å². The highest BCUT2D eigenvalue weighted by Gasteiger charge is 2.20. The number of hydrogen-bond acceptors (Lipinski definition) is 6. The number of carbonyl (C=O) groups is 1. The van der Waals surface area contributed by atoms with Crippen LogP contribution in [-0.4, -0.2) is 58.7 Å². The Balaban J connectivity index is 2.07. The minimum Gasteiger partial charge on any atom is -0.481 e. The van der Waals surface area contributed by atoms with Gasteiger partial charge in [0, 0.05) is 25.3 Å². The van der Waals surface area contributed by atoms with Crippen LogP contribution >= 0.6 is 0 Å². The van der Waals surface area contributed by atoms with Crippen molar-refractivity contribution in [3.8, 4) is 22.8 Å². The summed E-state index contributed by atoms with van der Waals surface area (Å²) >= 11 is 0. The summed E-state index contributed by atoms with van der Waals surface area (Å²) in [6.07, 6.45) is 2.22. The van der Waals surface area contributed by atoms with Crippen molar-refractivity contribution < 1.29 is 19.5 Å². The van der Waals surface area contributed by atoms with Gasteiger partial charge in [0.25, 0.3) is 5.91 Å². The molecule has 0 aliphatic heterocycles. The second kappa shape index (κ2) is 8.64. The summed E-state index contributed by atoms with van der Waals surface area (Å²) in [5, 5.41) is 14.7. The average Bonchev–Trinajstić information content (AvgIpc) is 3.19. The standard InChI is InChI=1S/C20H22N4O4/c1-23(28-3)20(26)17-12-18(15-6-4-14(5-7-15)10-11-25)24(22-17)16-8-9-19(27-2)21-13-16/h4-9,12-13,25H,10-11H2,1-3H3. The summed E-state index contributed by atoms with van der Waals surface area (Å²) < 4.78 is 6.76. The van der Waals surface area contributed by atoms with E-state index in [-0.39, 0.29) is 18.2 Å². The zero-order valence-corrected chi connectivity index (χ0v) is 16.0. The Hall–Kier alpha value is -3.23. The van der Waals surface area contributed by atoms with E-state index in [0.717, 1.165) is 21.9 Å². The SMILES string of the molecule is COc1ccc(-n2nc(C(=O)N(C)OC)cc2-c2ccc(CCO)cc2)cn1. The lowest BCUT2D eigenvalue weighted by Crippen LogP contribution is -2.25. The summed E-state index contributed by atoms with van der Waals surface area (Å²) in [6, 6.07) is 13.0. The molecule has 146 valence electrons. The molecule has 0 atom stereocenters. The minimum atomic E-state index is -0.360. The molecule has 0 aliphatic carbocycles. The lowest BCUT2D eigenvalue weighted by Gasteiger charge is -2.11. The van der Waals surface area contributed by atoms with E-state index < -0.39 is 0 Å². The highest BCUT2D eigenvalue weighted by molar-refractivity contribution is 5.92. The van der Waals surface area contributed by atoms with Crippen LogP contribution in [0.4, 0.5) is 0 Å². The fraction of sp³-hybridized carbons (Fsp3) is 0.250. The number of benzene rings is 1. The Morgan fingerprint density at radius 3 is 2.50 bits per heavy atom. The number of amides is 1. The monoisotopic (exact) mass is 382 g/mol. The quantitative estimate of drug-likeness (QED) is 0.630. The first-order chi connectivity index (χ1) is 13.6. The van der Waals surface area contributed by atoms with Crippen molar-refractivity contribution in [2.24, 2.45) is 0 Å². The van der Waals surface area contributed by atoms with Gasteiger partial charge in [0.1, 0.15) is 0 Å². The maximum absolute atomic E-state index is 12.5. The van der Waals surface area contributed by atoms with Gasteiger partial charge in [-0.25, -0.2) is 14.7 Å². The molecule has 2 aromatic heterocycles. The van der Waals surface area contributed by atoms with Crippen molar-refractivity contribution in [2.45, 2.75) is 6.42 Å². The molecular weight excluding hydrogens is 360 g/mol. The van der Waals surface area contributed by atoms with Gasteiger partial charge in [0.2, 0.25) is 5.88 Å². The van der Waals surface area contributed by atoms with Gasteiger partial charge in [-0.2, -0.15) is 5.10 Å². The molecule has 0 spiro atoms. The van der Waals surface area contributed by atoms with Gasteiger partial charge in [-0.05, 0) is 24.1 Å². The van der Waals surface area contributed by atoms with Gasteiger partial charge in [0.15, 0.2) is 5.69 Å². The first-order valence-electron chi connectivity index (χ1n) is 8.70. The molecular formula is C20H22N4O4. The van der Waals surface area contributed by atoms with Crippen LogP contribution in [0.15, 0.2) is 48.7 Å². The van der Waals surface area contributed by atoms with Crippen molar-refractivity contribution in [2.75, 3.05) is 27.9 Å². The lowest BCUT2D eigenvalue weighted by molar-refractivity contribution is -0.0760. The van der Waals surface area contributed by atoms with Gasteiger partial charge in [-0.15, -0.1) is 0 Å². The number of hydroxylamine groups is 2. The lowest BCUT2D eigenvalue weighted by atomic mass is 10.1. The van der Waals surface area contributed by atoms with E-state index in [9.17, 15) is 4.79 Å². The molecule has 3 rings (SSSR count). The largest absolute Gasteiger partial charge is 0.481 e. The number of nitrogens with zero attached hydrogens (tertiary/aromatic N) is 4. The number of rotatable bonds is 7. The number of aromatic nitrogens is 3. The fourth-order valence-electron chi connectivity index (χ4n) is 2.72. The van der Waals surface area contributed by atoms with Crippen molar-refractivity contribution in [3.05, 3.63) is 59.9 Å². The molecule has 0 saturated heterocycles. The van der Waals surface area contributed by atoms with E-state index >= 15 is 0 Å². The van der Waals surface area contributed by atoms with Crippen molar-refractivity contribution in [1.29, 1.82) is 0 Å². The molecule has 0 bridgehead atoms. The van der Waals surface area contributed by atoms with E-state index in [1.807, 2.05) is 30.3 Å². The molecule has 0 radical (unpaired) electrons. The summed E-state index contributed by atoms with van der Waals surface area (Å²) in [6.45, 7) is 0.0940. The van der Waals surface area contributed by atoms with E-state index in [0.29, 0.717) is 18.0 Å². The summed E-state index contributed by atoms with van der Waals surface area (Å²) in [7, 11) is 4.50. The predicted octanol–water partition coefficient (Wildman–Crippen LogP) is 2.11. The zero-order valence-electron chi connectivity index (χ0n) is 16.0. The molecule has 1 N–H and O–H groups in total. The van der Waals surface area contributed by atoms with Crippen molar-refractivity contribution >= 4 is 5.91 Å².